The molecule has 2 aromatic rings. The van der Waals surface area contributed by atoms with E-state index in [2.05, 4.69) is 20.6 Å². The van der Waals surface area contributed by atoms with E-state index in [1.165, 1.54) is 0 Å². The van der Waals surface area contributed by atoms with Gasteiger partial charge in [0.1, 0.15) is 6.61 Å². The van der Waals surface area contributed by atoms with Crippen molar-refractivity contribution in [2.75, 3.05) is 13.2 Å². The van der Waals surface area contributed by atoms with Crippen LogP contribution in [0.3, 0.4) is 0 Å². The minimum absolute atomic E-state index is 0.0626. The van der Waals surface area contributed by atoms with Crippen molar-refractivity contribution in [1.29, 1.82) is 0 Å². The van der Waals surface area contributed by atoms with Crippen molar-refractivity contribution < 1.29 is 19.4 Å². The summed E-state index contributed by atoms with van der Waals surface area (Å²) in [6, 6.07) is -0.281. The Bertz CT molecular complexity index is 775. The first-order valence-electron chi connectivity index (χ1n) is 9.67. The molecule has 3 atom stereocenters. The van der Waals surface area contributed by atoms with Crippen LogP contribution in [0.2, 0.25) is 0 Å². The Balaban J connectivity index is 1.57. The monoisotopic (exact) mass is 389 g/mol. The van der Waals surface area contributed by atoms with Crippen molar-refractivity contribution in [3.63, 3.8) is 0 Å². The Labute approximate surface area is 163 Å². The largest absolute Gasteiger partial charge is 0.387 e. The van der Waals surface area contributed by atoms with E-state index in [4.69, 9.17) is 9.84 Å². The Kier molecular flexibility index (Phi) is 6.94. The highest BCUT2D eigenvalue weighted by Gasteiger charge is 2.35. The van der Waals surface area contributed by atoms with Crippen LogP contribution in [0.15, 0.2) is 24.8 Å². The van der Waals surface area contributed by atoms with Crippen LogP contribution in [0, 0.1) is 5.92 Å². The second kappa shape index (κ2) is 9.61. The van der Waals surface area contributed by atoms with Crippen LogP contribution >= 0.6 is 0 Å². The fourth-order valence-electron chi connectivity index (χ4n) is 3.56. The fourth-order valence-corrected chi connectivity index (χ4v) is 3.56. The molecular weight excluding hydrogens is 362 g/mol. The van der Waals surface area contributed by atoms with Crippen molar-refractivity contribution in [3.8, 4) is 0 Å². The standard InChI is InChI=1S/C19H27N5O4/c1-2-7-28-16-4-3-13(8-15(16)23-18(26)12-25)19(27)21-9-14-11-24-6-5-20-10-17(24)22-14/h5-6,10-11,13,15-16,25H,2-4,7-9,12H2,1H3,(H,21,27)(H,23,26)/t13-,15+,16+/m0/s1. The van der Waals surface area contributed by atoms with Crippen molar-refractivity contribution >= 4 is 17.5 Å². The van der Waals surface area contributed by atoms with E-state index in [9.17, 15) is 9.59 Å². The number of imidazole rings is 1. The van der Waals surface area contributed by atoms with E-state index in [0.717, 1.165) is 17.8 Å². The normalized spacial score (nSPS) is 22.1. The number of hydrogen-bond donors (Lipinski definition) is 3. The van der Waals surface area contributed by atoms with E-state index in [-0.39, 0.29) is 24.0 Å². The van der Waals surface area contributed by atoms with Gasteiger partial charge in [-0.3, -0.25) is 14.6 Å². The molecule has 0 spiro atoms. The average Bonchev–Trinajstić information content (AvgIpc) is 3.14. The first-order valence-corrected chi connectivity index (χ1v) is 9.67. The number of aliphatic hydroxyl groups is 1. The third kappa shape index (κ3) is 5.05. The molecule has 9 nitrogen and oxygen atoms in total. The van der Waals surface area contributed by atoms with Gasteiger partial charge in [0, 0.05) is 31.1 Å². The number of rotatable bonds is 8. The van der Waals surface area contributed by atoms with Gasteiger partial charge in [0.2, 0.25) is 11.8 Å². The Hall–Kier alpha value is -2.52. The van der Waals surface area contributed by atoms with Crippen LogP contribution in [-0.2, 0) is 20.9 Å². The van der Waals surface area contributed by atoms with Crippen molar-refractivity contribution in [2.45, 2.75) is 51.3 Å². The summed E-state index contributed by atoms with van der Waals surface area (Å²) in [6.07, 6.45) is 9.63. The lowest BCUT2D eigenvalue weighted by Crippen LogP contribution is -2.51. The quantitative estimate of drug-likeness (QED) is 0.602. The van der Waals surface area contributed by atoms with Gasteiger partial charge in [0.25, 0.3) is 0 Å². The fraction of sp³-hybridized carbons (Fsp3) is 0.579. The van der Waals surface area contributed by atoms with E-state index in [1.807, 2.05) is 17.5 Å². The summed E-state index contributed by atoms with van der Waals surface area (Å²) in [5.74, 6) is -0.731. The molecule has 0 radical (unpaired) electrons. The van der Waals surface area contributed by atoms with Gasteiger partial charge in [0.15, 0.2) is 5.65 Å². The van der Waals surface area contributed by atoms with Gasteiger partial charge >= 0.3 is 0 Å². The van der Waals surface area contributed by atoms with Crippen LogP contribution in [0.1, 0.15) is 38.3 Å². The maximum Gasteiger partial charge on any atom is 0.246 e. The lowest BCUT2D eigenvalue weighted by Gasteiger charge is -2.35. The van der Waals surface area contributed by atoms with Gasteiger partial charge in [-0.05, 0) is 25.7 Å². The Morgan fingerprint density at radius 1 is 1.39 bits per heavy atom. The minimum Gasteiger partial charge on any atom is -0.387 e. The molecule has 9 heteroatoms. The molecule has 1 aliphatic rings. The molecule has 3 rings (SSSR count). The molecule has 0 aromatic carbocycles. The average molecular weight is 389 g/mol. The zero-order valence-electron chi connectivity index (χ0n) is 16.0. The summed E-state index contributed by atoms with van der Waals surface area (Å²) in [4.78, 5) is 32.7. The molecule has 1 saturated carbocycles. The summed E-state index contributed by atoms with van der Waals surface area (Å²) in [5, 5.41) is 14.8. The number of nitrogens with zero attached hydrogens (tertiary/aromatic N) is 3. The number of ether oxygens (including phenoxy) is 1. The zero-order chi connectivity index (χ0) is 19.9. The molecule has 3 N–H and O–H groups in total. The van der Waals surface area contributed by atoms with E-state index in [0.29, 0.717) is 32.4 Å². The van der Waals surface area contributed by atoms with Crippen LogP contribution in [0.5, 0.6) is 0 Å². The number of amides is 2. The zero-order valence-corrected chi connectivity index (χ0v) is 16.0. The number of fused-ring (bicyclic) bond motifs is 1. The molecule has 152 valence electrons. The summed E-state index contributed by atoms with van der Waals surface area (Å²) in [5.41, 5.74) is 1.48. The summed E-state index contributed by atoms with van der Waals surface area (Å²) in [6.45, 7) is 2.39. The second-order valence-corrected chi connectivity index (χ2v) is 7.04. The van der Waals surface area contributed by atoms with Gasteiger partial charge in [-0.2, -0.15) is 0 Å². The molecule has 28 heavy (non-hydrogen) atoms. The van der Waals surface area contributed by atoms with Crippen LogP contribution in [0.4, 0.5) is 0 Å². The first kappa shape index (κ1) is 20.2. The third-order valence-electron chi connectivity index (χ3n) is 4.94. The molecular formula is C19H27N5O4. The molecule has 0 saturated heterocycles. The molecule has 2 aromatic heterocycles. The highest BCUT2D eigenvalue weighted by molar-refractivity contribution is 5.79. The van der Waals surface area contributed by atoms with Crippen molar-refractivity contribution in [3.05, 3.63) is 30.5 Å². The highest BCUT2D eigenvalue weighted by Crippen LogP contribution is 2.27. The topological polar surface area (TPSA) is 118 Å². The SMILES string of the molecule is CCCO[C@@H]1CC[C@H](C(=O)NCc2cn3ccncc3n2)C[C@H]1NC(=O)CO. The second-order valence-electron chi connectivity index (χ2n) is 7.04. The lowest BCUT2D eigenvalue weighted by molar-refractivity contribution is -0.131. The summed E-state index contributed by atoms with van der Waals surface area (Å²) < 4.78 is 7.69. The maximum atomic E-state index is 12.6. The number of aromatic nitrogens is 3. The highest BCUT2D eigenvalue weighted by atomic mass is 16.5. The van der Waals surface area contributed by atoms with E-state index in [1.54, 1.807) is 18.6 Å². The summed E-state index contributed by atoms with van der Waals surface area (Å²) >= 11 is 0. The minimum atomic E-state index is -0.573. The molecule has 1 fully saturated rings. The molecule has 2 heterocycles. The van der Waals surface area contributed by atoms with Gasteiger partial charge in [-0.25, -0.2) is 4.98 Å². The van der Waals surface area contributed by atoms with Crippen LogP contribution in [-0.4, -0.2) is 56.6 Å². The molecule has 0 unspecified atom stereocenters. The van der Waals surface area contributed by atoms with Gasteiger partial charge < -0.3 is 24.9 Å². The maximum absolute atomic E-state index is 12.6. The number of carbonyl (C=O) groups is 2. The third-order valence-corrected chi connectivity index (χ3v) is 4.94. The van der Waals surface area contributed by atoms with Gasteiger partial charge in [-0.15, -0.1) is 0 Å². The van der Waals surface area contributed by atoms with Crippen molar-refractivity contribution in [1.82, 2.24) is 25.0 Å². The van der Waals surface area contributed by atoms with E-state index >= 15 is 0 Å². The molecule has 0 aliphatic heterocycles. The van der Waals surface area contributed by atoms with Crippen LogP contribution < -0.4 is 10.6 Å². The van der Waals surface area contributed by atoms with Crippen molar-refractivity contribution in [2.24, 2.45) is 5.92 Å². The Morgan fingerprint density at radius 3 is 3.00 bits per heavy atom. The molecule has 1 aliphatic carbocycles. The lowest BCUT2D eigenvalue weighted by atomic mass is 9.83. The molecule has 0 bridgehead atoms. The number of hydrogen-bond acceptors (Lipinski definition) is 6. The van der Waals surface area contributed by atoms with E-state index < -0.39 is 12.5 Å². The predicted octanol–water partition coefficient (Wildman–Crippen LogP) is 0.418. The first-order chi connectivity index (χ1) is 13.6. The number of aliphatic hydroxyl groups excluding tert-OH is 1. The Morgan fingerprint density at radius 2 is 2.25 bits per heavy atom. The predicted molar refractivity (Wildman–Crippen MR) is 101 cm³/mol. The summed E-state index contributed by atoms with van der Waals surface area (Å²) in [7, 11) is 0. The van der Waals surface area contributed by atoms with Gasteiger partial charge in [0.05, 0.1) is 30.6 Å². The van der Waals surface area contributed by atoms with Crippen LogP contribution in [0.25, 0.3) is 5.65 Å². The number of nitrogens with one attached hydrogen (secondary N) is 2. The van der Waals surface area contributed by atoms with Gasteiger partial charge in [-0.1, -0.05) is 6.92 Å². The smallest absolute Gasteiger partial charge is 0.246 e. The number of carbonyl (C=O) groups excluding carboxylic acids is 2. The molecule has 2 amide bonds.